The first-order valence-corrected chi connectivity index (χ1v) is 5.62. The number of aromatic nitrogens is 2. The van der Waals surface area contributed by atoms with Crippen molar-refractivity contribution in [2.45, 2.75) is 12.1 Å². The van der Waals surface area contributed by atoms with Crippen molar-refractivity contribution in [2.75, 3.05) is 17.8 Å². The van der Waals surface area contributed by atoms with E-state index in [0.29, 0.717) is 11.1 Å². The van der Waals surface area contributed by atoms with Crippen LogP contribution in [0.4, 0.5) is 0 Å². The molecule has 0 atom stereocenters. The molecule has 1 aromatic rings. The summed E-state index contributed by atoms with van der Waals surface area (Å²) in [4.78, 5) is 0. The predicted molar refractivity (Wildman–Crippen MR) is 48.1 cm³/mol. The Morgan fingerprint density at radius 2 is 2.18 bits per heavy atom. The summed E-state index contributed by atoms with van der Waals surface area (Å²) in [5.41, 5.74) is 0. The van der Waals surface area contributed by atoms with Gasteiger partial charge in [-0.05, 0) is 6.26 Å². The summed E-state index contributed by atoms with van der Waals surface area (Å²) in [6, 6.07) is 0. The molecule has 0 fully saturated rings. The molecule has 0 amide bonds. The first-order valence-electron chi connectivity index (χ1n) is 3.25. The van der Waals surface area contributed by atoms with E-state index < -0.39 is 0 Å². The SMILES string of the molecule is CSCCSc1nnc(C)o1. The Morgan fingerprint density at radius 1 is 1.36 bits per heavy atom. The van der Waals surface area contributed by atoms with E-state index in [1.807, 2.05) is 11.8 Å². The van der Waals surface area contributed by atoms with Crippen LogP contribution in [0.3, 0.4) is 0 Å². The highest BCUT2D eigenvalue weighted by Gasteiger charge is 2.00. The summed E-state index contributed by atoms with van der Waals surface area (Å²) in [5, 5.41) is 8.25. The quantitative estimate of drug-likeness (QED) is 0.535. The van der Waals surface area contributed by atoms with Crippen molar-refractivity contribution < 1.29 is 4.42 Å². The van der Waals surface area contributed by atoms with Gasteiger partial charge in [0.1, 0.15) is 0 Å². The minimum absolute atomic E-state index is 0.636. The van der Waals surface area contributed by atoms with Gasteiger partial charge in [-0.3, -0.25) is 0 Å². The van der Waals surface area contributed by atoms with Gasteiger partial charge in [0.05, 0.1) is 0 Å². The molecule has 0 aliphatic rings. The van der Waals surface area contributed by atoms with E-state index in [1.54, 1.807) is 18.7 Å². The maximum atomic E-state index is 5.16. The van der Waals surface area contributed by atoms with Gasteiger partial charge in [0.15, 0.2) is 0 Å². The van der Waals surface area contributed by atoms with Gasteiger partial charge in [0, 0.05) is 18.4 Å². The van der Waals surface area contributed by atoms with Gasteiger partial charge in [0.2, 0.25) is 5.89 Å². The van der Waals surface area contributed by atoms with Crippen LogP contribution in [-0.4, -0.2) is 28.0 Å². The molecule has 11 heavy (non-hydrogen) atoms. The second kappa shape index (κ2) is 4.66. The molecule has 62 valence electrons. The van der Waals surface area contributed by atoms with Gasteiger partial charge < -0.3 is 4.42 Å². The average Bonchev–Trinajstić information content (AvgIpc) is 2.37. The zero-order valence-corrected chi connectivity index (χ0v) is 8.17. The van der Waals surface area contributed by atoms with Crippen LogP contribution in [0.5, 0.6) is 0 Å². The number of nitrogens with zero attached hydrogens (tertiary/aromatic N) is 2. The van der Waals surface area contributed by atoms with Crippen molar-refractivity contribution >= 4 is 23.5 Å². The molecule has 1 rings (SSSR count). The van der Waals surface area contributed by atoms with Crippen LogP contribution < -0.4 is 0 Å². The highest BCUT2D eigenvalue weighted by molar-refractivity contribution is 8.02. The molecule has 0 unspecified atom stereocenters. The lowest BCUT2D eigenvalue weighted by Gasteiger charge is -1.91. The van der Waals surface area contributed by atoms with Crippen LogP contribution in [-0.2, 0) is 0 Å². The maximum absolute atomic E-state index is 5.16. The highest BCUT2D eigenvalue weighted by Crippen LogP contribution is 2.16. The van der Waals surface area contributed by atoms with Gasteiger partial charge in [-0.2, -0.15) is 11.8 Å². The smallest absolute Gasteiger partial charge is 0.276 e. The highest BCUT2D eigenvalue weighted by atomic mass is 32.2. The zero-order valence-electron chi connectivity index (χ0n) is 6.53. The van der Waals surface area contributed by atoms with E-state index in [0.717, 1.165) is 11.5 Å². The summed E-state index contributed by atoms with van der Waals surface area (Å²) >= 11 is 3.42. The average molecular weight is 190 g/mol. The second-order valence-electron chi connectivity index (χ2n) is 1.93. The van der Waals surface area contributed by atoms with Gasteiger partial charge in [-0.25, -0.2) is 0 Å². The summed E-state index contributed by atoms with van der Waals surface area (Å²) < 4.78 is 5.16. The molecule has 0 aliphatic carbocycles. The molecule has 0 saturated heterocycles. The van der Waals surface area contributed by atoms with Crippen molar-refractivity contribution in [2.24, 2.45) is 0 Å². The fourth-order valence-electron chi connectivity index (χ4n) is 0.549. The van der Waals surface area contributed by atoms with Crippen LogP contribution in [0.25, 0.3) is 0 Å². The third kappa shape index (κ3) is 3.16. The molecular weight excluding hydrogens is 180 g/mol. The second-order valence-corrected chi connectivity index (χ2v) is 3.96. The van der Waals surface area contributed by atoms with Crippen LogP contribution in [0.15, 0.2) is 9.64 Å². The number of rotatable bonds is 4. The third-order valence-electron chi connectivity index (χ3n) is 1.02. The molecule has 0 N–H and O–H groups in total. The zero-order chi connectivity index (χ0) is 8.10. The molecule has 0 radical (unpaired) electrons. The topological polar surface area (TPSA) is 38.9 Å². The number of aryl methyl sites for hydroxylation is 1. The van der Waals surface area contributed by atoms with Crippen molar-refractivity contribution in [3.05, 3.63) is 5.89 Å². The molecule has 0 saturated carbocycles. The van der Waals surface area contributed by atoms with E-state index in [1.165, 1.54) is 0 Å². The van der Waals surface area contributed by atoms with E-state index in [4.69, 9.17) is 4.42 Å². The Morgan fingerprint density at radius 3 is 2.73 bits per heavy atom. The molecule has 1 aromatic heterocycles. The van der Waals surface area contributed by atoms with E-state index in [9.17, 15) is 0 Å². The predicted octanol–water partition coefficient (Wildman–Crippen LogP) is 1.83. The minimum atomic E-state index is 0.636. The molecule has 0 bridgehead atoms. The monoisotopic (exact) mass is 190 g/mol. The fourth-order valence-corrected chi connectivity index (χ4v) is 2.00. The van der Waals surface area contributed by atoms with Gasteiger partial charge in [0.25, 0.3) is 5.22 Å². The number of hydrogen-bond acceptors (Lipinski definition) is 5. The van der Waals surface area contributed by atoms with E-state index in [-0.39, 0.29) is 0 Å². The number of hydrogen-bond donors (Lipinski definition) is 0. The lowest BCUT2D eigenvalue weighted by atomic mass is 10.8. The van der Waals surface area contributed by atoms with Gasteiger partial charge >= 0.3 is 0 Å². The molecule has 0 spiro atoms. The summed E-state index contributed by atoms with van der Waals surface area (Å²) in [6.45, 7) is 1.80. The van der Waals surface area contributed by atoms with Crippen molar-refractivity contribution in [3.63, 3.8) is 0 Å². The Kier molecular flexibility index (Phi) is 3.79. The van der Waals surface area contributed by atoms with Crippen LogP contribution in [0.2, 0.25) is 0 Å². The Hall–Kier alpha value is -0.160. The first-order chi connectivity index (χ1) is 5.33. The van der Waals surface area contributed by atoms with Gasteiger partial charge in [-0.1, -0.05) is 11.8 Å². The third-order valence-corrected chi connectivity index (χ3v) is 2.71. The molecule has 0 aliphatic heterocycles. The Labute approximate surface area is 74.3 Å². The fraction of sp³-hybridized carbons (Fsp3) is 0.667. The normalized spacial score (nSPS) is 10.4. The van der Waals surface area contributed by atoms with Crippen molar-refractivity contribution in [1.29, 1.82) is 0 Å². The maximum Gasteiger partial charge on any atom is 0.276 e. The van der Waals surface area contributed by atoms with Crippen molar-refractivity contribution in [3.8, 4) is 0 Å². The van der Waals surface area contributed by atoms with Crippen LogP contribution in [0, 0.1) is 6.92 Å². The van der Waals surface area contributed by atoms with Crippen molar-refractivity contribution in [1.82, 2.24) is 10.2 Å². The van der Waals surface area contributed by atoms with Crippen LogP contribution >= 0.6 is 23.5 Å². The standard InChI is InChI=1S/C6H10N2OS2/c1-5-7-8-6(9-5)11-4-3-10-2/h3-4H2,1-2H3. The lowest BCUT2D eigenvalue weighted by Crippen LogP contribution is -1.81. The molecule has 3 nitrogen and oxygen atoms in total. The lowest BCUT2D eigenvalue weighted by molar-refractivity contribution is 0.429. The summed E-state index contributed by atoms with van der Waals surface area (Å²) in [7, 11) is 0. The molecule has 5 heteroatoms. The minimum Gasteiger partial charge on any atom is -0.416 e. The van der Waals surface area contributed by atoms with Gasteiger partial charge in [-0.15, -0.1) is 10.2 Å². The molecule has 1 heterocycles. The largest absolute Gasteiger partial charge is 0.416 e. The van der Waals surface area contributed by atoms with E-state index >= 15 is 0 Å². The number of thioether (sulfide) groups is 2. The van der Waals surface area contributed by atoms with Crippen LogP contribution in [0.1, 0.15) is 5.89 Å². The first kappa shape index (κ1) is 8.93. The van der Waals surface area contributed by atoms with E-state index in [2.05, 4.69) is 16.5 Å². The molecule has 0 aromatic carbocycles. The summed E-state index contributed by atoms with van der Waals surface area (Å²) in [6.07, 6.45) is 2.08. The summed E-state index contributed by atoms with van der Waals surface area (Å²) in [5.74, 6) is 2.78. The molecular formula is C6H10N2OS2. The Bertz CT molecular complexity index is 214. The Balaban J connectivity index is 2.27.